The van der Waals surface area contributed by atoms with Crippen molar-refractivity contribution in [2.45, 2.75) is 29.6 Å². The molecule has 1 saturated heterocycles. The normalized spacial score (nSPS) is 15.4. The number of rotatable bonds is 6. The molecular formula is C14H19N7O2S2. The number of thioether (sulfide) groups is 1. The van der Waals surface area contributed by atoms with Crippen molar-refractivity contribution in [3.63, 3.8) is 0 Å². The van der Waals surface area contributed by atoms with E-state index in [1.807, 2.05) is 4.90 Å². The number of carbonyl (C=O) groups is 2. The molecule has 0 radical (unpaired) electrons. The number of likely N-dealkylation sites (tertiary alicyclic amines) is 1. The van der Waals surface area contributed by atoms with Gasteiger partial charge in [0.1, 0.15) is 12.4 Å². The first-order chi connectivity index (χ1) is 12.0. The zero-order chi connectivity index (χ0) is 17.8. The van der Waals surface area contributed by atoms with Crippen molar-refractivity contribution in [1.29, 1.82) is 0 Å². The third-order valence-electron chi connectivity index (χ3n) is 4.03. The minimum absolute atomic E-state index is 0.0812. The highest BCUT2D eigenvalue weighted by Gasteiger charge is 2.26. The van der Waals surface area contributed by atoms with Crippen LogP contribution in [-0.4, -0.2) is 55.3 Å². The summed E-state index contributed by atoms with van der Waals surface area (Å²) in [5.41, 5.74) is 10.8. The van der Waals surface area contributed by atoms with E-state index in [4.69, 9.17) is 11.5 Å². The fourth-order valence-electron chi connectivity index (χ4n) is 2.86. The predicted molar refractivity (Wildman–Crippen MR) is 95.0 cm³/mol. The number of imidazole rings is 1. The lowest BCUT2D eigenvalue weighted by Gasteiger charge is -2.31. The van der Waals surface area contributed by atoms with Gasteiger partial charge in [-0.2, -0.15) is 0 Å². The van der Waals surface area contributed by atoms with Crippen LogP contribution in [0.3, 0.4) is 0 Å². The Morgan fingerprint density at radius 2 is 2.08 bits per heavy atom. The van der Waals surface area contributed by atoms with Crippen molar-refractivity contribution in [3.05, 3.63) is 18.2 Å². The second-order valence-electron chi connectivity index (χ2n) is 5.73. The molecule has 0 aromatic carbocycles. The number of primary amides is 1. The summed E-state index contributed by atoms with van der Waals surface area (Å²) in [7, 11) is 0. The largest absolute Gasteiger partial charge is 0.374 e. The quantitative estimate of drug-likeness (QED) is 0.687. The Labute approximate surface area is 152 Å². The highest BCUT2D eigenvalue weighted by atomic mass is 32.2. The maximum Gasteiger partial charge on any atom is 0.237 e. The molecule has 25 heavy (non-hydrogen) atoms. The number of amides is 2. The van der Waals surface area contributed by atoms with Crippen LogP contribution >= 0.6 is 23.1 Å². The van der Waals surface area contributed by atoms with Gasteiger partial charge in [0, 0.05) is 31.4 Å². The Hall–Kier alpha value is -2.14. The molecule has 0 aliphatic carbocycles. The van der Waals surface area contributed by atoms with Crippen LogP contribution in [0.25, 0.3) is 0 Å². The zero-order valence-electron chi connectivity index (χ0n) is 13.5. The van der Waals surface area contributed by atoms with E-state index in [-0.39, 0.29) is 24.3 Å². The number of piperidine rings is 1. The maximum atomic E-state index is 12.3. The molecule has 11 heteroatoms. The van der Waals surface area contributed by atoms with Crippen LogP contribution in [0.1, 0.15) is 24.6 Å². The minimum atomic E-state index is -0.388. The molecule has 9 nitrogen and oxygen atoms in total. The van der Waals surface area contributed by atoms with Crippen molar-refractivity contribution in [3.8, 4) is 0 Å². The molecular weight excluding hydrogens is 362 g/mol. The Bertz CT molecular complexity index is 752. The van der Waals surface area contributed by atoms with Crippen LogP contribution in [0, 0.1) is 0 Å². The van der Waals surface area contributed by atoms with Crippen molar-refractivity contribution in [2.24, 2.45) is 5.73 Å². The first-order valence-corrected chi connectivity index (χ1v) is 9.62. The molecule has 0 unspecified atom stereocenters. The summed E-state index contributed by atoms with van der Waals surface area (Å²) in [6.07, 6.45) is 5.08. The Morgan fingerprint density at radius 3 is 2.72 bits per heavy atom. The molecule has 134 valence electrons. The molecule has 1 fully saturated rings. The van der Waals surface area contributed by atoms with Gasteiger partial charge in [-0.05, 0) is 12.8 Å². The average molecular weight is 381 g/mol. The van der Waals surface area contributed by atoms with Crippen LogP contribution in [-0.2, 0) is 16.1 Å². The molecule has 2 aromatic heterocycles. The molecule has 0 bridgehead atoms. The van der Waals surface area contributed by atoms with Crippen molar-refractivity contribution in [1.82, 2.24) is 24.6 Å². The SMILES string of the molecule is NC(=O)Cn1ccnc1C1CCN(C(=O)CSc2nnc(N)s2)CC1. The predicted octanol–water partition coefficient (Wildman–Crippen LogP) is 0.300. The van der Waals surface area contributed by atoms with Crippen LogP contribution in [0.2, 0.25) is 0 Å². The number of hydrogen-bond acceptors (Lipinski definition) is 8. The minimum Gasteiger partial charge on any atom is -0.374 e. The van der Waals surface area contributed by atoms with Gasteiger partial charge in [-0.15, -0.1) is 10.2 Å². The topological polar surface area (TPSA) is 133 Å². The van der Waals surface area contributed by atoms with Gasteiger partial charge in [-0.3, -0.25) is 9.59 Å². The van der Waals surface area contributed by atoms with Crippen molar-refractivity contribution >= 4 is 40.0 Å². The Morgan fingerprint density at radius 1 is 1.32 bits per heavy atom. The number of nitrogens with zero attached hydrogens (tertiary/aromatic N) is 5. The number of nitrogens with two attached hydrogens (primary N) is 2. The van der Waals surface area contributed by atoms with Gasteiger partial charge in [0.25, 0.3) is 0 Å². The Kier molecular flexibility index (Phi) is 5.53. The number of nitrogen functional groups attached to an aromatic ring is 1. The molecule has 3 heterocycles. The zero-order valence-corrected chi connectivity index (χ0v) is 15.1. The second-order valence-corrected chi connectivity index (χ2v) is 7.96. The molecule has 4 N–H and O–H groups in total. The van der Waals surface area contributed by atoms with Crippen LogP contribution in [0.4, 0.5) is 5.13 Å². The van der Waals surface area contributed by atoms with E-state index < -0.39 is 0 Å². The van der Waals surface area contributed by atoms with E-state index in [0.29, 0.717) is 28.3 Å². The number of aromatic nitrogens is 4. The summed E-state index contributed by atoms with van der Waals surface area (Å²) in [5.74, 6) is 1.12. The lowest BCUT2D eigenvalue weighted by atomic mass is 9.96. The molecule has 0 spiro atoms. The van der Waals surface area contributed by atoms with Crippen molar-refractivity contribution in [2.75, 3.05) is 24.6 Å². The third kappa shape index (κ3) is 4.48. The molecule has 0 atom stereocenters. The van der Waals surface area contributed by atoms with Crippen LogP contribution in [0.15, 0.2) is 16.7 Å². The highest BCUT2D eigenvalue weighted by molar-refractivity contribution is 8.01. The van der Waals surface area contributed by atoms with E-state index in [1.54, 1.807) is 17.0 Å². The summed E-state index contributed by atoms with van der Waals surface area (Å²) >= 11 is 2.64. The van der Waals surface area contributed by atoms with Crippen molar-refractivity contribution < 1.29 is 9.59 Å². The molecule has 2 aromatic rings. The highest BCUT2D eigenvalue weighted by Crippen LogP contribution is 2.28. The number of hydrogen-bond donors (Lipinski definition) is 2. The summed E-state index contributed by atoms with van der Waals surface area (Å²) in [6, 6.07) is 0. The molecule has 1 aliphatic heterocycles. The van der Waals surface area contributed by atoms with Gasteiger partial charge in [-0.1, -0.05) is 23.1 Å². The number of anilines is 1. The van der Waals surface area contributed by atoms with Crippen LogP contribution in [0.5, 0.6) is 0 Å². The molecule has 3 rings (SSSR count). The molecule has 0 saturated carbocycles. The summed E-state index contributed by atoms with van der Waals surface area (Å²) < 4.78 is 2.49. The summed E-state index contributed by atoms with van der Waals surface area (Å²) in [4.78, 5) is 29.7. The van der Waals surface area contributed by atoms with Gasteiger partial charge in [0.15, 0.2) is 4.34 Å². The van der Waals surface area contributed by atoms with Gasteiger partial charge in [0.05, 0.1) is 5.75 Å². The van der Waals surface area contributed by atoms with E-state index in [2.05, 4.69) is 15.2 Å². The Balaban J connectivity index is 1.50. The van der Waals surface area contributed by atoms with Crippen LogP contribution < -0.4 is 11.5 Å². The third-order valence-corrected chi connectivity index (χ3v) is 5.90. The van der Waals surface area contributed by atoms with Gasteiger partial charge in [-0.25, -0.2) is 4.98 Å². The molecule has 1 aliphatic rings. The van der Waals surface area contributed by atoms with Gasteiger partial charge < -0.3 is 20.9 Å². The van der Waals surface area contributed by atoms with Gasteiger partial charge in [0.2, 0.25) is 16.9 Å². The smallest absolute Gasteiger partial charge is 0.237 e. The first-order valence-electron chi connectivity index (χ1n) is 7.82. The lowest BCUT2D eigenvalue weighted by molar-refractivity contribution is -0.129. The van der Waals surface area contributed by atoms with E-state index >= 15 is 0 Å². The van der Waals surface area contributed by atoms with E-state index in [1.165, 1.54) is 23.1 Å². The van der Waals surface area contributed by atoms with E-state index in [0.717, 1.165) is 18.7 Å². The van der Waals surface area contributed by atoms with E-state index in [9.17, 15) is 9.59 Å². The summed E-state index contributed by atoms with van der Waals surface area (Å²) in [5, 5.41) is 8.04. The standard InChI is InChI=1S/C14H19N7O2S2/c15-10(22)7-21-6-3-17-12(21)9-1-4-20(5-2-9)11(23)8-24-14-19-18-13(16)25-14/h3,6,9H,1-2,4-5,7-8H2,(H2,15,22)(H2,16,18). The maximum absolute atomic E-state index is 12.3. The fourth-order valence-corrected chi connectivity index (χ4v) is 4.40. The average Bonchev–Trinajstić information content (AvgIpc) is 3.21. The fraction of sp³-hybridized carbons (Fsp3) is 0.500. The van der Waals surface area contributed by atoms with Gasteiger partial charge >= 0.3 is 0 Å². The number of carbonyl (C=O) groups excluding carboxylic acids is 2. The molecule has 2 amide bonds. The monoisotopic (exact) mass is 381 g/mol. The second kappa shape index (κ2) is 7.83. The summed E-state index contributed by atoms with van der Waals surface area (Å²) in [6.45, 7) is 1.48. The lowest BCUT2D eigenvalue weighted by Crippen LogP contribution is -2.39. The first kappa shape index (κ1) is 17.7.